The maximum Gasteiger partial charge on any atom is 0.0294 e. The normalized spacial score (nSPS) is 35.2. The topological polar surface area (TPSA) is 12.0 Å². The van der Waals surface area contributed by atoms with Crippen LogP contribution in [0.1, 0.15) is 59.3 Å². The predicted molar refractivity (Wildman–Crippen MR) is 91.4 cm³/mol. The van der Waals surface area contributed by atoms with E-state index >= 15 is 0 Å². The van der Waals surface area contributed by atoms with Gasteiger partial charge < -0.3 is 5.32 Å². The van der Waals surface area contributed by atoms with Gasteiger partial charge >= 0.3 is 0 Å². The fourth-order valence-electron chi connectivity index (χ4n) is 3.43. The maximum atomic E-state index is 3.80. The van der Waals surface area contributed by atoms with Gasteiger partial charge in [0.1, 0.15) is 0 Å². The first-order valence-corrected chi connectivity index (χ1v) is 10.2. The van der Waals surface area contributed by atoms with Gasteiger partial charge in [0.2, 0.25) is 0 Å². The zero-order valence-electron chi connectivity index (χ0n) is 12.9. The SMILES string of the molecule is CCNC(CC1CCCCC1)C1CSC(C)C(C)S1. The van der Waals surface area contributed by atoms with Crippen LogP contribution < -0.4 is 5.32 Å². The van der Waals surface area contributed by atoms with E-state index in [2.05, 4.69) is 49.6 Å². The van der Waals surface area contributed by atoms with E-state index in [0.29, 0.717) is 0 Å². The number of thioether (sulfide) groups is 2. The van der Waals surface area contributed by atoms with Crippen molar-refractivity contribution >= 4 is 23.5 Å². The van der Waals surface area contributed by atoms with Crippen LogP contribution in [0.5, 0.6) is 0 Å². The van der Waals surface area contributed by atoms with E-state index in [1.54, 1.807) is 0 Å². The van der Waals surface area contributed by atoms with E-state index in [1.807, 2.05) is 0 Å². The Kier molecular flexibility index (Phi) is 6.91. The first kappa shape index (κ1) is 16.0. The standard InChI is InChI=1S/C16H31NS2/c1-4-17-15(10-14-8-6-5-7-9-14)16-11-18-12(2)13(3)19-16/h12-17H,4-11H2,1-3H3. The van der Waals surface area contributed by atoms with Crippen LogP contribution in [0.3, 0.4) is 0 Å². The van der Waals surface area contributed by atoms with E-state index in [9.17, 15) is 0 Å². The molecule has 1 saturated heterocycles. The van der Waals surface area contributed by atoms with Gasteiger partial charge in [-0.15, -0.1) is 0 Å². The van der Waals surface area contributed by atoms with Crippen LogP contribution >= 0.6 is 23.5 Å². The first-order chi connectivity index (χ1) is 9.20. The molecule has 0 radical (unpaired) electrons. The predicted octanol–water partition coefficient (Wildman–Crippen LogP) is 4.56. The van der Waals surface area contributed by atoms with Crippen LogP contribution in [0.25, 0.3) is 0 Å². The van der Waals surface area contributed by atoms with Crippen molar-refractivity contribution in [2.75, 3.05) is 12.3 Å². The highest BCUT2D eigenvalue weighted by Gasteiger charge is 2.32. The molecule has 1 N–H and O–H groups in total. The molecule has 1 heterocycles. The van der Waals surface area contributed by atoms with Crippen LogP contribution in [-0.2, 0) is 0 Å². The number of nitrogens with one attached hydrogen (secondary N) is 1. The lowest BCUT2D eigenvalue weighted by Gasteiger charge is -2.38. The molecular weight excluding hydrogens is 270 g/mol. The van der Waals surface area contributed by atoms with Crippen LogP contribution in [0.2, 0.25) is 0 Å². The van der Waals surface area contributed by atoms with Gasteiger partial charge in [0.25, 0.3) is 0 Å². The average Bonchev–Trinajstić information content (AvgIpc) is 2.43. The lowest BCUT2D eigenvalue weighted by atomic mass is 9.84. The molecule has 3 heteroatoms. The molecule has 1 aliphatic heterocycles. The summed E-state index contributed by atoms with van der Waals surface area (Å²) in [6.45, 7) is 8.20. The Hall–Kier alpha value is 0.660. The highest BCUT2D eigenvalue weighted by molar-refractivity contribution is 8.07. The van der Waals surface area contributed by atoms with Crippen molar-refractivity contribution < 1.29 is 0 Å². The van der Waals surface area contributed by atoms with E-state index in [-0.39, 0.29) is 0 Å². The minimum atomic E-state index is 0.751. The first-order valence-electron chi connectivity index (χ1n) is 8.21. The third-order valence-corrected chi connectivity index (χ3v) is 8.35. The van der Waals surface area contributed by atoms with Crippen molar-refractivity contribution in [1.29, 1.82) is 0 Å². The molecule has 0 amide bonds. The van der Waals surface area contributed by atoms with Crippen LogP contribution in [0.15, 0.2) is 0 Å². The minimum absolute atomic E-state index is 0.751. The second-order valence-corrected chi connectivity index (χ2v) is 9.35. The summed E-state index contributed by atoms with van der Waals surface area (Å²) in [7, 11) is 0. The molecule has 0 aromatic rings. The summed E-state index contributed by atoms with van der Waals surface area (Å²) in [6.07, 6.45) is 8.82. The summed E-state index contributed by atoms with van der Waals surface area (Å²) in [6, 6.07) is 0.751. The maximum absolute atomic E-state index is 3.80. The largest absolute Gasteiger partial charge is 0.313 e. The van der Waals surface area contributed by atoms with Gasteiger partial charge in [0, 0.05) is 27.5 Å². The van der Waals surface area contributed by atoms with Gasteiger partial charge in [-0.1, -0.05) is 52.9 Å². The van der Waals surface area contributed by atoms with Gasteiger partial charge in [-0.3, -0.25) is 0 Å². The smallest absolute Gasteiger partial charge is 0.0294 e. The quantitative estimate of drug-likeness (QED) is 0.799. The summed E-state index contributed by atoms with van der Waals surface area (Å²) >= 11 is 4.44. The fourth-order valence-corrected chi connectivity index (χ4v) is 6.57. The lowest BCUT2D eigenvalue weighted by molar-refractivity contribution is 0.299. The van der Waals surface area contributed by atoms with Crippen molar-refractivity contribution in [3.63, 3.8) is 0 Å². The molecule has 2 fully saturated rings. The zero-order valence-corrected chi connectivity index (χ0v) is 14.5. The summed E-state index contributed by atoms with van der Waals surface area (Å²) < 4.78 is 0. The fraction of sp³-hybridized carbons (Fsp3) is 1.00. The van der Waals surface area contributed by atoms with Gasteiger partial charge in [-0.2, -0.15) is 23.5 Å². The number of hydrogen-bond donors (Lipinski definition) is 1. The van der Waals surface area contributed by atoms with Crippen LogP contribution in [0.4, 0.5) is 0 Å². The minimum Gasteiger partial charge on any atom is -0.313 e. The second-order valence-electron chi connectivity index (χ2n) is 6.32. The molecule has 1 saturated carbocycles. The molecule has 4 atom stereocenters. The molecule has 0 spiro atoms. The molecule has 0 aromatic carbocycles. The molecule has 4 unspecified atom stereocenters. The molecular formula is C16H31NS2. The molecule has 112 valence electrons. The van der Waals surface area contributed by atoms with Crippen molar-refractivity contribution in [3.8, 4) is 0 Å². The summed E-state index contributed by atoms with van der Waals surface area (Å²) in [5.74, 6) is 2.35. The Morgan fingerprint density at radius 3 is 2.47 bits per heavy atom. The summed E-state index contributed by atoms with van der Waals surface area (Å²) in [5, 5.41) is 6.28. The molecule has 2 rings (SSSR count). The van der Waals surface area contributed by atoms with Crippen molar-refractivity contribution in [2.24, 2.45) is 5.92 Å². The van der Waals surface area contributed by atoms with Gasteiger partial charge in [0.15, 0.2) is 0 Å². The summed E-state index contributed by atoms with van der Waals surface area (Å²) in [5.41, 5.74) is 0. The second kappa shape index (κ2) is 8.19. The van der Waals surface area contributed by atoms with Crippen LogP contribution in [-0.4, -0.2) is 34.1 Å². The Balaban J connectivity index is 1.87. The Labute approximate surface area is 128 Å². The van der Waals surface area contributed by atoms with Gasteiger partial charge in [0.05, 0.1) is 0 Å². The van der Waals surface area contributed by atoms with E-state index in [4.69, 9.17) is 0 Å². The van der Waals surface area contributed by atoms with Gasteiger partial charge in [-0.25, -0.2) is 0 Å². The molecule has 0 bridgehead atoms. The van der Waals surface area contributed by atoms with Crippen molar-refractivity contribution in [1.82, 2.24) is 5.32 Å². The van der Waals surface area contributed by atoms with Crippen molar-refractivity contribution in [2.45, 2.75) is 81.1 Å². The Bertz CT molecular complexity index is 253. The van der Waals surface area contributed by atoms with Crippen molar-refractivity contribution in [3.05, 3.63) is 0 Å². The number of hydrogen-bond acceptors (Lipinski definition) is 3. The molecule has 2 aliphatic rings. The molecule has 1 aliphatic carbocycles. The highest BCUT2D eigenvalue weighted by Crippen LogP contribution is 2.39. The van der Waals surface area contributed by atoms with E-state index < -0.39 is 0 Å². The Morgan fingerprint density at radius 1 is 1.11 bits per heavy atom. The Morgan fingerprint density at radius 2 is 1.84 bits per heavy atom. The highest BCUT2D eigenvalue weighted by atomic mass is 32.2. The van der Waals surface area contributed by atoms with Gasteiger partial charge in [-0.05, 0) is 18.9 Å². The molecule has 19 heavy (non-hydrogen) atoms. The van der Waals surface area contributed by atoms with E-state index in [1.165, 1.54) is 44.3 Å². The number of rotatable bonds is 5. The monoisotopic (exact) mass is 301 g/mol. The third kappa shape index (κ3) is 4.86. The van der Waals surface area contributed by atoms with Crippen LogP contribution in [0, 0.1) is 5.92 Å². The third-order valence-electron chi connectivity index (χ3n) is 4.80. The molecule has 1 nitrogen and oxygen atoms in total. The lowest BCUT2D eigenvalue weighted by Crippen LogP contribution is -2.44. The zero-order chi connectivity index (χ0) is 13.7. The molecule has 0 aromatic heterocycles. The van der Waals surface area contributed by atoms with E-state index in [0.717, 1.165) is 34.3 Å². The average molecular weight is 302 g/mol. The summed E-state index contributed by atoms with van der Waals surface area (Å²) in [4.78, 5) is 0.